The fourth-order valence-corrected chi connectivity index (χ4v) is 5.83. The lowest BCUT2D eigenvalue weighted by Gasteiger charge is -2.23. The topological polar surface area (TPSA) is 117 Å². The Bertz CT molecular complexity index is 1520. The van der Waals surface area contributed by atoms with Gasteiger partial charge in [0.15, 0.2) is 5.82 Å². The number of nitrogens with zero attached hydrogens (tertiary/aromatic N) is 4. The zero-order chi connectivity index (χ0) is 24.7. The maximum atomic E-state index is 13.4. The molecule has 0 radical (unpaired) electrons. The number of rotatable bonds is 8. The van der Waals surface area contributed by atoms with Gasteiger partial charge in [-0.05, 0) is 67.4 Å². The highest BCUT2D eigenvalue weighted by Gasteiger charge is 2.28. The molecule has 4 aromatic rings. The monoisotopic (exact) mass is 531 g/mol. The highest BCUT2D eigenvalue weighted by atomic mass is 35.5. The average Bonchev–Trinajstić information content (AvgIpc) is 3.52. The summed E-state index contributed by atoms with van der Waals surface area (Å²) < 4.78 is 29.4. The lowest BCUT2D eigenvalue weighted by atomic mass is 10.2. The second-order valence-electron chi connectivity index (χ2n) is 8.13. The third kappa shape index (κ3) is 4.90. The third-order valence-electron chi connectivity index (χ3n) is 5.49. The maximum Gasteiger partial charge on any atom is 0.324 e. The van der Waals surface area contributed by atoms with E-state index in [9.17, 15) is 18.3 Å². The van der Waals surface area contributed by atoms with Gasteiger partial charge in [0.1, 0.15) is 12.4 Å². The van der Waals surface area contributed by atoms with Gasteiger partial charge in [0, 0.05) is 27.7 Å². The van der Waals surface area contributed by atoms with Crippen molar-refractivity contribution in [3.8, 4) is 5.82 Å². The molecule has 2 aromatic heterocycles. The molecule has 12 heteroatoms. The molecule has 0 amide bonds. The summed E-state index contributed by atoms with van der Waals surface area (Å²) in [4.78, 5) is 11.4. The van der Waals surface area contributed by atoms with Gasteiger partial charge in [-0.1, -0.05) is 23.2 Å². The number of benzene rings is 2. The van der Waals surface area contributed by atoms with E-state index >= 15 is 0 Å². The van der Waals surface area contributed by atoms with Gasteiger partial charge in [0.25, 0.3) is 10.0 Å². The number of sulfonamides is 1. The summed E-state index contributed by atoms with van der Waals surface area (Å²) in [6.45, 7) is -0.778. The summed E-state index contributed by atoms with van der Waals surface area (Å²) in [5, 5.41) is 22.2. The lowest BCUT2D eigenvalue weighted by molar-refractivity contribution is -0.135. The van der Waals surface area contributed by atoms with Crippen LogP contribution in [0.3, 0.4) is 0 Å². The van der Waals surface area contributed by atoms with Crippen LogP contribution in [-0.2, 0) is 14.8 Å². The van der Waals surface area contributed by atoms with Crippen LogP contribution in [0.25, 0.3) is 16.7 Å². The van der Waals surface area contributed by atoms with Crippen molar-refractivity contribution in [1.82, 2.24) is 14.8 Å². The molecule has 0 saturated heterocycles. The normalized spacial score (nSPS) is 13.7. The van der Waals surface area contributed by atoms with Crippen molar-refractivity contribution in [3.63, 3.8) is 0 Å². The van der Waals surface area contributed by atoms with Crippen LogP contribution in [0.2, 0.25) is 10.0 Å². The smallest absolute Gasteiger partial charge is 0.324 e. The molecular formula is C23H19Cl2N5O4S. The standard InChI is InChI=1S/C23H19Cl2N5O4S/c24-15-10-16(25)12-19(11-15)35(33,34)30(13-23(31)32)18-3-4-20-14(9-18)7-8-29(20)22-6-5-21(27-28-22)26-17-1-2-17/h3-12,17H,1-2,13H2,(H,26,27)(H,31,32). The van der Waals surface area contributed by atoms with Gasteiger partial charge in [-0.3, -0.25) is 13.7 Å². The zero-order valence-corrected chi connectivity index (χ0v) is 20.4. The largest absolute Gasteiger partial charge is 0.480 e. The number of nitrogens with one attached hydrogen (secondary N) is 1. The first kappa shape index (κ1) is 23.4. The van der Waals surface area contributed by atoms with E-state index in [1.807, 2.05) is 16.7 Å². The van der Waals surface area contributed by atoms with E-state index in [4.69, 9.17) is 23.2 Å². The Balaban J connectivity index is 1.51. The molecule has 1 aliphatic rings. The van der Waals surface area contributed by atoms with Crippen LogP contribution in [0, 0.1) is 0 Å². The van der Waals surface area contributed by atoms with Crippen molar-refractivity contribution in [2.24, 2.45) is 0 Å². The lowest BCUT2D eigenvalue weighted by Crippen LogP contribution is -2.35. The van der Waals surface area contributed by atoms with Gasteiger partial charge in [-0.2, -0.15) is 0 Å². The molecule has 2 aromatic carbocycles. The SMILES string of the molecule is O=C(O)CN(c1ccc2c(ccn2-c2ccc(NC3CC3)nn2)c1)S(=O)(=O)c1cc(Cl)cc(Cl)c1. The Kier molecular flexibility index (Phi) is 6.04. The van der Waals surface area contributed by atoms with Crippen molar-refractivity contribution in [2.45, 2.75) is 23.8 Å². The molecule has 1 aliphatic carbocycles. The Morgan fingerprint density at radius 3 is 2.43 bits per heavy atom. The Labute approximate surface area is 211 Å². The van der Waals surface area contributed by atoms with Crippen molar-refractivity contribution in [1.29, 1.82) is 0 Å². The number of fused-ring (bicyclic) bond motifs is 1. The molecule has 0 bridgehead atoms. The van der Waals surface area contributed by atoms with Gasteiger partial charge in [-0.15, -0.1) is 10.2 Å². The molecule has 0 unspecified atom stereocenters. The first-order valence-electron chi connectivity index (χ1n) is 10.6. The predicted octanol–water partition coefficient (Wildman–Crippen LogP) is 4.58. The second kappa shape index (κ2) is 9.03. The molecule has 0 aliphatic heterocycles. The van der Waals surface area contributed by atoms with E-state index in [1.165, 1.54) is 18.2 Å². The molecule has 180 valence electrons. The number of carboxylic acids is 1. The molecular weight excluding hydrogens is 513 g/mol. The van der Waals surface area contributed by atoms with Crippen molar-refractivity contribution in [3.05, 3.63) is 70.8 Å². The van der Waals surface area contributed by atoms with Crippen LogP contribution in [0.15, 0.2) is 65.7 Å². The number of halogens is 2. The summed E-state index contributed by atoms with van der Waals surface area (Å²) in [6, 6.07) is 14.7. The van der Waals surface area contributed by atoms with E-state index in [0.29, 0.717) is 23.1 Å². The van der Waals surface area contributed by atoms with E-state index in [1.54, 1.807) is 30.5 Å². The van der Waals surface area contributed by atoms with E-state index < -0.39 is 22.5 Å². The van der Waals surface area contributed by atoms with Crippen LogP contribution in [0.5, 0.6) is 0 Å². The van der Waals surface area contributed by atoms with Crippen LogP contribution < -0.4 is 9.62 Å². The minimum atomic E-state index is -4.27. The minimum absolute atomic E-state index is 0.123. The summed E-state index contributed by atoms with van der Waals surface area (Å²) in [5.41, 5.74) is 0.938. The molecule has 1 saturated carbocycles. The van der Waals surface area contributed by atoms with Gasteiger partial charge in [0.05, 0.1) is 16.1 Å². The molecule has 2 N–H and O–H groups in total. The predicted molar refractivity (Wildman–Crippen MR) is 134 cm³/mol. The van der Waals surface area contributed by atoms with Crippen molar-refractivity contribution < 1.29 is 18.3 Å². The molecule has 1 fully saturated rings. The molecule has 2 heterocycles. The highest BCUT2D eigenvalue weighted by molar-refractivity contribution is 7.92. The van der Waals surface area contributed by atoms with Crippen molar-refractivity contribution >= 4 is 61.6 Å². The average molecular weight is 532 g/mol. The number of hydrogen-bond donors (Lipinski definition) is 2. The Hall–Kier alpha value is -3.34. The van der Waals surface area contributed by atoms with Crippen LogP contribution in [0.1, 0.15) is 12.8 Å². The fourth-order valence-electron chi connectivity index (χ4n) is 3.69. The number of carbonyl (C=O) groups is 1. The minimum Gasteiger partial charge on any atom is -0.480 e. The third-order valence-corrected chi connectivity index (χ3v) is 7.68. The first-order chi connectivity index (χ1) is 16.7. The number of aromatic nitrogens is 3. The summed E-state index contributed by atoms with van der Waals surface area (Å²) in [7, 11) is -4.27. The first-order valence-corrected chi connectivity index (χ1v) is 12.8. The highest BCUT2D eigenvalue weighted by Crippen LogP contribution is 2.31. The summed E-state index contributed by atoms with van der Waals surface area (Å²) >= 11 is 12.0. The van der Waals surface area contributed by atoms with Gasteiger partial charge >= 0.3 is 5.97 Å². The molecule has 0 spiro atoms. The number of anilines is 2. The summed E-state index contributed by atoms with van der Waals surface area (Å²) in [6.07, 6.45) is 4.05. The number of aliphatic carboxylic acids is 1. The van der Waals surface area contributed by atoms with Crippen LogP contribution in [0.4, 0.5) is 11.5 Å². The van der Waals surface area contributed by atoms with Crippen molar-refractivity contribution in [2.75, 3.05) is 16.2 Å². The summed E-state index contributed by atoms with van der Waals surface area (Å²) in [5.74, 6) is -0.00199. The molecule has 0 atom stereocenters. The van der Waals surface area contributed by atoms with Crippen LogP contribution in [-0.4, -0.2) is 46.8 Å². The zero-order valence-electron chi connectivity index (χ0n) is 18.1. The Morgan fingerprint density at radius 1 is 1.06 bits per heavy atom. The van der Waals surface area contributed by atoms with E-state index in [-0.39, 0.29) is 20.6 Å². The van der Waals surface area contributed by atoms with Gasteiger partial charge in [-0.25, -0.2) is 8.42 Å². The fraction of sp³-hybridized carbons (Fsp3) is 0.174. The van der Waals surface area contributed by atoms with Gasteiger partial charge in [0.2, 0.25) is 0 Å². The maximum absolute atomic E-state index is 13.4. The molecule has 5 rings (SSSR count). The molecule has 35 heavy (non-hydrogen) atoms. The van der Waals surface area contributed by atoms with Gasteiger partial charge < -0.3 is 10.4 Å². The Morgan fingerprint density at radius 2 is 1.80 bits per heavy atom. The number of hydrogen-bond acceptors (Lipinski definition) is 6. The van der Waals surface area contributed by atoms with Crippen LogP contribution >= 0.6 is 23.2 Å². The number of carboxylic acid groups (broad SMARTS) is 1. The molecule has 9 nitrogen and oxygen atoms in total. The van der Waals surface area contributed by atoms with E-state index in [0.717, 1.165) is 22.7 Å². The second-order valence-corrected chi connectivity index (χ2v) is 10.9. The quantitative estimate of drug-likeness (QED) is 0.341. The van der Waals surface area contributed by atoms with E-state index in [2.05, 4.69) is 15.5 Å².